The van der Waals surface area contributed by atoms with E-state index in [4.69, 9.17) is 0 Å². The van der Waals surface area contributed by atoms with Crippen molar-refractivity contribution in [3.05, 3.63) is 57.3 Å². The van der Waals surface area contributed by atoms with Crippen LogP contribution in [0.25, 0.3) is 0 Å². The summed E-state index contributed by atoms with van der Waals surface area (Å²) >= 11 is 1.69. The van der Waals surface area contributed by atoms with Crippen molar-refractivity contribution in [3.8, 4) is 0 Å². The molecule has 21 heavy (non-hydrogen) atoms. The van der Waals surface area contributed by atoms with Crippen molar-refractivity contribution in [2.45, 2.75) is 31.8 Å². The van der Waals surface area contributed by atoms with Crippen LogP contribution < -0.4 is 5.32 Å². The number of rotatable bonds is 4. The molecule has 0 radical (unpaired) electrons. The SMILES string of the molecule is O=C(NCC(O)c1ccccc1)c1csc2c1CCCC2. The molecule has 1 amide bonds. The third-order valence-corrected chi connectivity index (χ3v) is 5.03. The minimum absolute atomic E-state index is 0.0654. The highest BCUT2D eigenvalue weighted by atomic mass is 32.1. The molecular formula is C17H19NO2S. The van der Waals surface area contributed by atoms with Gasteiger partial charge in [0.1, 0.15) is 0 Å². The van der Waals surface area contributed by atoms with Gasteiger partial charge in [-0.15, -0.1) is 11.3 Å². The second kappa shape index (κ2) is 6.41. The zero-order valence-electron chi connectivity index (χ0n) is 11.8. The van der Waals surface area contributed by atoms with Crippen molar-refractivity contribution in [1.29, 1.82) is 0 Å². The smallest absolute Gasteiger partial charge is 0.252 e. The predicted molar refractivity (Wildman–Crippen MR) is 84.7 cm³/mol. The Kier molecular flexibility index (Phi) is 4.36. The number of nitrogens with one attached hydrogen (secondary N) is 1. The first-order chi connectivity index (χ1) is 10.3. The van der Waals surface area contributed by atoms with Crippen LogP contribution in [0.4, 0.5) is 0 Å². The first-order valence-corrected chi connectivity index (χ1v) is 8.24. The van der Waals surface area contributed by atoms with Crippen molar-refractivity contribution < 1.29 is 9.90 Å². The molecule has 1 aliphatic rings. The van der Waals surface area contributed by atoms with E-state index in [0.717, 1.165) is 30.4 Å². The van der Waals surface area contributed by atoms with E-state index in [-0.39, 0.29) is 12.5 Å². The van der Waals surface area contributed by atoms with E-state index in [1.54, 1.807) is 11.3 Å². The summed E-state index contributed by atoms with van der Waals surface area (Å²) in [5, 5.41) is 14.9. The van der Waals surface area contributed by atoms with Crippen molar-refractivity contribution in [2.24, 2.45) is 0 Å². The van der Waals surface area contributed by atoms with Crippen LogP contribution in [0.5, 0.6) is 0 Å². The van der Waals surface area contributed by atoms with E-state index < -0.39 is 6.10 Å². The summed E-state index contributed by atoms with van der Waals surface area (Å²) in [5.74, 6) is -0.0654. The Morgan fingerprint density at radius 2 is 2.00 bits per heavy atom. The number of hydrogen-bond acceptors (Lipinski definition) is 3. The summed E-state index contributed by atoms with van der Waals surface area (Å²) in [4.78, 5) is 13.7. The predicted octanol–water partition coefficient (Wildman–Crippen LogP) is 3.09. The Bertz CT molecular complexity index is 621. The average Bonchev–Trinajstić information content (AvgIpc) is 2.97. The molecule has 1 aliphatic carbocycles. The van der Waals surface area contributed by atoms with Gasteiger partial charge in [0.05, 0.1) is 11.7 Å². The monoisotopic (exact) mass is 301 g/mol. The molecule has 1 aromatic heterocycles. The number of carbonyl (C=O) groups excluding carboxylic acids is 1. The van der Waals surface area contributed by atoms with E-state index in [9.17, 15) is 9.90 Å². The highest BCUT2D eigenvalue weighted by Gasteiger charge is 2.20. The van der Waals surface area contributed by atoms with Crippen LogP contribution >= 0.6 is 11.3 Å². The number of thiophene rings is 1. The van der Waals surface area contributed by atoms with Crippen LogP contribution in [0.1, 0.15) is 45.3 Å². The summed E-state index contributed by atoms with van der Waals surface area (Å²) in [6, 6.07) is 9.41. The van der Waals surface area contributed by atoms with Crippen LogP contribution in [-0.2, 0) is 12.8 Å². The number of carbonyl (C=O) groups is 1. The Labute approximate surface area is 128 Å². The first-order valence-electron chi connectivity index (χ1n) is 7.36. The van der Waals surface area contributed by atoms with Crippen LogP contribution in [0.3, 0.4) is 0 Å². The van der Waals surface area contributed by atoms with Gasteiger partial charge in [-0.3, -0.25) is 4.79 Å². The molecule has 0 saturated carbocycles. The molecule has 1 heterocycles. The van der Waals surface area contributed by atoms with E-state index in [1.807, 2.05) is 35.7 Å². The van der Waals surface area contributed by atoms with Crippen molar-refractivity contribution in [2.75, 3.05) is 6.54 Å². The number of aryl methyl sites for hydroxylation is 1. The van der Waals surface area contributed by atoms with Crippen molar-refractivity contribution >= 4 is 17.2 Å². The molecule has 0 bridgehead atoms. The topological polar surface area (TPSA) is 49.3 Å². The third kappa shape index (κ3) is 3.17. The van der Waals surface area contributed by atoms with E-state index in [1.165, 1.54) is 16.9 Å². The molecule has 0 spiro atoms. The van der Waals surface area contributed by atoms with Gasteiger partial charge in [-0.05, 0) is 36.8 Å². The van der Waals surface area contributed by atoms with Crippen LogP contribution in [0, 0.1) is 0 Å². The zero-order chi connectivity index (χ0) is 14.7. The van der Waals surface area contributed by atoms with Crippen molar-refractivity contribution in [3.63, 3.8) is 0 Å². The molecule has 0 fully saturated rings. The molecule has 4 heteroatoms. The van der Waals surface area contributed by atoms with Gasteiger partial charge in [0, 0.05) is 16.8 Å². The second-order valence-electron chi connectivity index (χ2n) is 5.39. The lowest BCUT2D eigenvalue weighted by atomic mass is 9.95. The lowest BCUT2D eigenvalue weighted by Crippen LogP contribution is -2.29. The molecule has 110 valence electrons. The summed E-state index contributed by atoms with van der Waals surface area (Å²) in [6.45, 7) is 0.244. The number of aliphatic hydroxyl groups excluding tert-OH is 1. The van der Waals surface area contributed by atoms with Gasteiger partial charge in [-0.2, -0.15) is 0 Å². The number of aliphatic hydroxyl groups is 1. The number of benzene rings is 1. The van der Waals surface area contributed by atoms with Crippen LogP contribution in [0.2, 0.25) is 0 Å². The maximum absolute atomic E-state index is 12.3. The van der Waals surface area contributed by atoms with Crippen LogP contribution in [-0.4, -0.2) is 17.6 Å². The summed E-state index contributed by atoms with van der Waals surface area (Å²) in [6.07, 6.45) is 3.82. The average molecular weight is 301 g/mol. The zero-order valence-corrected chi connectivity index (χ0v) is 12.7. The van der Waals surface area contributed by atoms with Gasteiger partial charge in [0.2, 0.25) is 0 Å². The van der Waals surface area contributed by atoms with E-state index in [0.29, 0.717) is 0 Å². The molecule has 0 aliphatic heterocycles. The minimum Gasteiger partial charge on any atom is -0.387 e. The van der Waals surface area contributed by atoms with Gasteiger partial charge < -0.3 is 10.4 Å². The fraction of sp³-hybridized carbons (Fsp3) is 0.353. The third-order valence-electron chi connectivity index (χ3n) is 3.95. The summed E-state index contributed by atoms with van der Waals surface area (Å²) in [7, 11) is 0. The lowest BCUT2D eigenvalue weighted by molar-refractivity contribution is 0.0915. The molecule has 0 saturated heterocycles. The van der Waals surface area contributed by atoms with Gasteiger partial charge in [-0.1, -0.05) is 30.3 Å². The Morgan fingerprint density at radius 3 is 2.81 bits per heavy atom. The first kappa shape index (κ1) is 14.3. The van der Waals surface area contributed by atoms with E-state index in [2.05, 4.69) is 5.32 Å². The highest BCUT2D eigenvalue weighted by Crippen LogP contribution is 2.30. The molecule has 3 nitrogen and oxygen atoms in total. The quantitative estimate of drug-likeness (QED) is 0.911. The number of hydrogen-bond donors (Lipinski definition) is 2. The fourth-order valence-electron chi connectivity index (χ4n) is 2.76. The maximum Gasteiger partial charge on any atom is 0.252 e. The Balaban J connectivity index is 1.63. The molecule has 1 unspecified atom stereocenters. The standard InChI is InChI=1S/C17H19NO2S/c19-15(12-6-2-1-3-7-12)10-18-17(20)14-11-21-16-9-5-4-8-13(14)16/h1-3,6-7,11,15,19H,4-5,8-10H2,(H,18,20). The largest absolute Gasteiger partial charge is 0.387 e. The van der Waals surface area contributed by atoms with Gasteiger partial charge in [-0.25, -0.2) is 0 Å². The number of amides is 1. The summed E-state index contributed by atoms with van der Waals surface area (Å²) in [5.41, 5.74) is 2.85. The molecule has 1 atom stereocenters. The normalized spacial score (nSPS) is 15.3. The molecule has 1 aromatic carbocycles. The molecule has 3 rings (SSSR count). The van der Waals surface area contributed by atoms with Crippen LogP contribution in [0.15, 0.2) is 35.7 Å². The molecule has 2 aromatic rings. The Hall–Kier alpha value is -1.65. The van der Waals surface area contributed by atoms with Gasteiger partial charge in [0.15, 0.2) is 0 Å². The summed E-state index contributed by atoms with van der Waals surface area (Å²) < 4.78 is 0. The molecular weight excluding hydrogens is 282 g/mol. The fourth-order valence-corrected chi connectivity index (χ4v) is 3.89. The van der Waals surface area contributed by atoms with Gasteiger partial charge in [0.25, 0.3) is 5.91 Å². The van der Waals surface area contributed by atoms with Crippen molar-refractivity contribution in [1.82, 2.24) is 5.32 Å². The Morgan fingerprint density at radius 1 is 1.24 bits per heavy atom. The second-order valence-corrected chi connectivity index (χ2v) is 6.36. The number of fused-ring (bicyclic) bond motifs is 1. The molecule has 2 N–H and O–H groups in total. The maximum atomic E-state index is 12.3. The lowest BCUT2D eigenvalue weighted by Gasteiger charge is -2.14. The van der Waals surface area contributed by atoms with E-state index >= 15 is 0 Å². The van der Waals surface area contributed by atoms with Gasteiger partial charge >= 0.3 is 0 Å². The minimum atomic E-state index is -0.662. The highest BCUT2D eigenvalue weighted by molar-refractivity contribution is 7.10.